The minimum absolute atomic E-state index is 0.0120. The Hall–Kier alpha value is -1.26. The standard InChI is InChI=1S/C15H17Cl2NO3/c1-21-15(20)11-3-2-6-18(9-11)14(19)8-10-4-5-12(16)13(17)7-10/h4-5,7,11H,2-3,6,8-9H2,1H3/t11-/m0/s1. The molecule has 21 heavy (non-hydrogen) atoms. The first-order valence-electron chi connectivity index (χ1n) is 6.80. The third kappa shape index (κ3) is 4.11. The van der Waals surface area contributed by atoms with Crippen LogP contribution in [-0.4, -0.2) is 37.0 Å². The van der Waals surface area contributed by atoms with Crippen molar-refractivity contribution >= 4 is 35.1 Å². The first-order chi connectivity index (χ1) is 10.0. The van der Waals surface area contributed by atoms with Crippen molar-refractivity contribution in [3.8, 4) is 0 Å². The summed E-state index contributed by atoms with van der Waals surface area (Å²) in [6.45, 7) is 1.10. The SMILES string of the molecule is COC(=O)[C@H]1CCCN(C(=O)Cc2ccc(Cl)c(Cl)c2)C1. The summed E-state index contributed by atoms with van der Waals surface area (Å²) in [6, 6.07) is 5.16. The Morgan fingerprint density at radius 3 is 2.76 bits per heavy atom. The molecule has 1 saturated heterocycles. The number of carbonyl (C=O) groups is 2. The average Bonchev–Trinajstić information content (AvgIpc) is 2.50. The van der Waals surface area contributed by atoms with Crippen LogP contribution in [0.25, 0.3) is 0 Å². The molecule has 1 fully saturated rings. The van der Waals surface area contributed by atoms with E-state index in [1.807, 2.05) is 0 Å². The summed E-state index contributed by atoms with van der Waals surface area (Å²) in [5, 5.41) is 0.907. The van der Waals surface area contributed by atoms with Crippen LogP contribution in [0, 0.1) is 5.92 Å². The molecule has 0 bridgehead atoms. The number of esters is 1. The molecule has 114 valence electrons. The quantitative estimate of drug-likeness (QED) is 0.801. The molecule has 1 aromatic rings. The van der Waals surface area contributed by atoms with Gasteiger partial charge in [-0.25, -0.2) is 0 Å². The summed E-state index contributed by atoms with van der Waals surface area (Å²) < 4.78 is 4.76. The summed E-state index contributed by atoms with van der Waals surface area (Å²) in [6.07, 6.45) is 1.83. The molecule has 0 spiro atoms. The van der Waals surface area contributed by atoms with Crippen molar-refractivity contribution in [3.05, 3.63) is 33.8 Å². The molecule has 1 aliphatic rings. The summed E-state index contributed by atoms with van der Waals surface area (Å²) in [7, 11) is 1.37. The van der Waals surface area contributed by atoms with Crippen molar-refractivity contribution in [1.82, 2.24) is 4.90 Å². The highest BCUT2D eigenvalue weighted by molar-refractivity contribution is 6.42. The number of carbonyl (C=O) groups excluding carboxylic acids is 2. The average molecular weight is 330 g/mol. The number of benzene rings is 1. The fourth-order valence-corrected chi connectivity index (χ4v) is 2.82. The Labute approximate surface area is 134 Å². The molecule has 1 aliphatic heterocycles. The van der Waals surface area contributed by atoms with Gasteiger partial charge in [0.15, 0.2) is 0 Å². The number of ether oxygens (including phenoxy) is 1. The van der Waals surface area contributed by atoms with Crippen molar-refractivity contribution in [1.29, 1.82) is 0 Å². The molecule has 0 saturated carbocycles. The van der Waals surface area contributed by atoms with Crippen molar-refractivity contribution in [3.63, 3.8) is 0 Å². The van der Waals surface area contributed by atoms with E-state index in [4.69, 9.17) is 27.9 Å². The lowest BCUT2D eigenvalue weighted by atomic mass is 9.97. The third-order valence-electron chi connectivity index (χ3n) is 3.65. The van der Waals surface area contributed by atoms with E-state index in [1.165, 1.54) is 7.11 Å². The van der Waals surface area contributed by atoms with Gasteiger partial charge in [-0.2, -0.15) is 0 Å². The van der Waals surface area contributed by atoms with E-state index in [0.29, 0.717) is 23.1 Å². The van der Waals surface area contributed by atoms with Gasteiger partial charge in [0.2, 0.25) is 5.91 Å². The zero-order chi connectivity index (χ0) is 15.4. The maximum absolute atomic E-state index is 12.3. The number of likely N-dealkylation sites (tertiary alicyclic amines) is 1. The van der Waals surface area contributed by atoms with Crippen LogP contribution in [0.5, 0.6) is 0 Å². The second-order valence-corrected chi connectivity index (χ2v) is 5.94. The normalized spacial score (nSPS) is 18.4. The maximum atomic E-state index is 12.3. The maximum Gasteiger partial charge on any atom is 0.310 e. The number of nitrogens with zero attached hydrogens (tertiary/aromatic N) is 1. The zero-order valence-corrected chi connectivity index (χ0v) is 13.3. The van der Waals surface area contributed by atoms with E-state index >= 15 is 0 Å². The number of amides is 1. The second kappa shape index (κ2) is 7.14. The Morgan fingerprint density at radius 2 is 2.10 bits per heavy atom. The molecular formula is C15H17Cl2NO3. The number of piperidine rings is 1. The van der Waals surface area contributed by atoms with Gasteiger partial charge in [0.1, 0.15) is 0 Å². The van der Waals surface area contributed by atoms with E-state index in [9.17, 15) is 9.59 Å². The van der Waals surface area contributed by atoms with Crippen LogP contribution in [0.15, 0.2) is 18.2 Å². The summed E-state index contributed by atoms with van der Waals surface area (Å²) in [5.74, 6) is -0.481. The van der Waals surface area contributed by atoms with Crippen molar-refractivity contribution in [2.75, 3.05) is 20.2 Å². The van der Waals surface area contributed by atoms with Gasteiger partial charge in [0.05, 0.1) is 29.5 Å². The van der Waals surface area contributed by atoms with E-state index in [1.54, 1.807) is 23.1 Å². The number of halogens is 2. The van der Waals surface area contributed by atoms with E-state index in [-0.39, 0.29) is 24.2 Å². The topological polar surface area (TPSA) is 46.6 Å². The van der Waals surface area contributed by atoms with Crippen molar-refractivity contribution < 1.29 is 14.3 Å². The van der Waals surface area contributed by atoms with Gasteiger partial charge in [-0.05, 0) is 30.5 Å². The monoisotopic (exact) mass is 329 g/mol. The van der Waals surface area contributed by atoms with Crippen molar-refractivity contribution in [2.45, 2.75) is 19.3 Å². The highest BCUT2D eigenvalue weighted by Gasteiger charge is 2.28. The lowest BCUT2D eigenvalue weighted by molar-refractivity contribution is -0.148. The molecule has 1 amide bonds. The van der Waals surface area contributed by atoms with Gasteiger partial charge >= 0.3 is 5.97 Å². The van der Waals surface area contributed by atoms with Gasteiger partial charge in [-0.3, -0.25) is 9.59 Å². The lowest BCUT2D eigenvalue weighted by Crippen LogP contribution is -2.43. The predicted octanol–water partition coefficient (Wildman–Crippen LogP) is 2.95. The van der Waals surface area contributed by atoms with Crippen LogP contribution >= 0.6 is 23.2 Å². The molecular weight excluding hydrogens is 313 g/mol. The van der Waals surface area contributed by atoms with E-state index in [0.717, 1.165) is 18.4 Å². The molecule has 1 atom stereocenters. The Balaban J connectivity index is 1.99. The lowest BCUT2D eigenvalue weighted by Gasteiger charge is -2.31. The number of rotatable bonds is 3. The summed E-state index contributed by atoms with van der Waals surface area (Å²) in [5.41, 5.74) is 0.814. The summed E-state index contributed by atoms with van der Waals surface area (Å²) >= 11 is 11.8. The van der Waals surface area contributed by atoms with Crippen LogP contribution in [0.3, 0.4) is 0 Å². The molecule has 0 aliphatic carbocycles. The molecule has 0 radical (unpaired) electrons. The second-order valence-electron chi connectivity index (χ2n) is 5.13. The molecule has 6 heteroatoms. The van der Waals surface area contributed by atoms with Gasteiger partial charge in [0.25, 0.3) is 0 Å². The summed E-state index contributed by atoms with van der Waals surface area (Å²) in [4.78, 5) is 25.6. The molecule has 0 aromatic heterocycles. The highest BCUT2D eigenvalue weighted by Crippen LogP contribution is 2.24. The fourth-order valence-electron chi connectivity index (χ4n) is 2.50. The molecule has 4 nitrogen and oxygen atoms in total. The first-order valence-corrected chi connectivity index (χ1v) is 7.56. The highest BCUT2D eigenvalue weighted by atomic mass is 35.5. The Morgan fingerprint density at radius 1 is 1.33 bits per heavy atom. The fraction of sp³-hybridized carbons (Fsp3) is 0.467. The number of methoxy groups -OCH3 is 1. The molecule has 2 rings (SSSR count). The zero-order valence-electron chi connectivity index (χ0n) is 11.8. The smallest absolute Gasteiger partial charge is 0.310 e. The predicted molar refractivity (Wildman–Crippen MR) is 81.5 cm³/mol. The van der Waals surface area contributed by atoms with Crippen molar-refractivity contribution in [2.24, 2.45) is 5.92 Å². The van der Waals surface area contributed by atoms with Crippen LogP contribution in [0.1, 0.15) is 18.4 Å². The van der Waals surface area contributed by atoms with E-state index < -0.39 is 0 Å². The van der Waals surface area contributed by atoms with Gasteiger partial charge < -0.3 is 9.64 Å². The first kappa shape index (κ1) is 16.1. The van der Waals surface area contributed by atoms with E-state index in [2.05, 4.69) is 0 Å². The van der Waals surface area contributed by atoms with Gasteiger partial charge in [-0.1, -0.05) is 29.3 Å². The van der Waals surface area contributed by atoms with Gasteiger partial charge in [-0.15, -0.1) is 0 Å². The molecule has 1 heterocycles. The molecule has 0 unspecified atom stereocenters. The molecule has 0 N–H and O–H groups in total. The number of hydrogen-bond acceptors (Lipinski definition) is 3. The molecule has 1 aromatic carbocycles. The Kier molecular flexibility index (Phi) is 5.48. The van der Waals surface area contributed by atoms with Crippen LogP contribution in [0.2, 0.25) is 10.0 Å². The minimum Gasteiger partial charge on any atom is -0.469 e. The van der Waals surface area contributed by atoms with Crippen LogP contribution in [0.4, 0.5) is 0 Å². The minimum atomic E-state index is -0.248. The third-order valence-corrected chi connectivity index (χ3v) is 4.39. The number of hydrogen-bond donors (Lipinski definition) is 0. The van der Waals surface area contributed by atoms with Gasteiger partial charge in [0, 0.05) is 13.1 Å². The van der Waals surface area contributed by atoms with Crippen LogP contribution in [-0.2, 0) is 20.7 Å². The largest absolute Gasteiger partial charge is 0.469 e. The van der Waals surface area contributed by atoms with Crippen LogP contribution < -0.4 is 0 Å². The Bertz CT molecular complexity index is 548.